The van der Waals surface area contributed by atoms with E-state index in [4.69, 9.17) is 11.1 Å². The number of amidine groups is 1. The molecule has 0 spiro atoms. The minimum absolute atomic E-state index is 0.0905. The van der Waals surface area contributed by atoms with E-state index < -0.39 is 11.8 Å². The Balaban J connectivity index is 2.07. The van der Waals surface area contributed by atoms with Crippen LogP contribution >= 0.6 is 0 Å². The molecule has 6 heteroatoms. The highest BCUT2D eigenvalue weighted by molar-refractivity contribution is 6.01. The molecule has 0 heterocycles. The Hall–Kier alpha value is -2.89. The zero-order chi connectivity index (χ0) is 14.5. The first-order valence-electron chi connectivity index (χ1n) is 5.83. The number of amides is 2. The van der Waals surface area contributed by atoms with E-state index in [0.29, 0.717) is 11.3 Å². The van der Waals surface area contributed by atoms with Crippen molar-refractivity contribution in [1.82, 2.24) is 0 Å². The summed E-state index contributed by atoms with van der Waals surface area (Å²) in [6, 6.07) is 11.8. The largest absolute Gasteiger partial charge is 0.384 e. The monoisotopic (exact) mass is 272 g/mol. The van der Waals surface area contributed by atoms with Crippen LogP contribution in [0.4, 0.5) is 20.6 Å². The van der Waals surface area contributed by atoms with Crippen LogP contribution in [0.1, 0.15) is 5.56 Å². The molecule has 2 aromatic carbocycles. The van der Waals surface area contributed by atoms with Crippen LogP contribution in [-0.2, 0) is 0 Å². The number of hydrogen-bond acceptors (Lipinski definition) is 2. The predicted octanol–water partition coefficient (Wildman–Crippen LogP) is 2.75. The normalized spacial score (nSPS) is 9.85. The van der Waals surface area contributed by atoms with Gasteiger partial charge in [0.05, 0.1) is 5.69 Å². The fraction of sp³-hybridized carbons (Fsp3) is 0. The molecule has 0 saturated carbocycles. The van der Waals surface area contributed by atoms with Gasteiger partial charge in [0.25, 0.3) is 0 Å². The minimum atomic E-state index is -0.573. The number of nitrogen functional groups attached to an aromatic ring is 1. The van der Waals surface area contributed by atoms with E-state index in [-0.39, 0.29) is 11.5 Å². The van der Waals surface area contributed by atoms with Crippen LogP contribution in [0, 0.1) is 11.2 Å². The van der Waals surface area contributed by atoms with E-state index in [1.165, 1.54) is 18.2 Å². The number of hydrogen-bond donors (Lipinski definition) is 4. The first kappa shape index (κ1) is 13.5. The molecule has 0 bridgehead atoms. The van der Waals surface area contributed by atoms with E-state index in [2.05, 4.69) is 10.6 Å². The maximum absolute atomic E-state index is 13.4. The van der Waals surface area contributed by atoms with Crippen LogP contribution in [-0.4, -0.2) is 11.9 Å². The Bertz CT molecular complexity index is 657. The Kier molecular flexibility index (Phi) is 3.95. The Morgan fingerprint density at radius 3 is 2.55 bits per heavy atom. The first-order chi connectivity index (χ1) is 9.56. The summed E-state index contributed by atoms with van der Waals surface area (Å²) in [4.78, 5) is 11.7. The number of nitrogens with two attached hydrogens (primary N) is 1. The van der Waals surface area contributed by atoms with E-state index >= 15 is 0 Å². The molecular formula is C14H13FN4O. The lowest BCUT2D eigenvalue weighted by atomic mass is 10.2. The molecule has 0 unspecified atom stereocenters. The summed E-state index contributed by atoms with van der Waals surface area (Å²) in [6.45, 7) is 0. The van der Waals surface area contributed by atoms with Crippen molar-refractivity contribution in [1.29, 1.82) is 5.41 Å². The van der Waals surface area contributed by atoms with Crippen molar-refractivity contribution in [3.8, 4) is 0 Å². The molecule has 0 fully saturated rings. The quantitative estimate of drug-likeness (QED) is 0.511. The Labute approximate surface area is 115 Å². The number of nitrogens with one attached hydrogen (secondary N) is 3. The first-order valence-corrected chi connectivity index (χ1v) is 5.83. The molecular weight excluding hydrogens is 259 g/mol. The van der Waals surface area contributed by atoms with Gasteiger partial charge in [0.1, 0.15) is 11.7 Å². The minimum Gasteiger partial charge on any atom is -0.384 e. The van der Waals surface area contributed by atoms with Gasteiger partial charge < -0.3 is 16.4 Å². The third kappa shape index (κ3) is 3.32. The van der Waals surface area contributed by atoms with Gasteiger partial charge in [-0.1, -0.05) is 24.3 Å². The van der Waals surface area contributed by atoms with Crippen molar-refractivity contribution in [2.75, 3.05) is 10.6 Å². The lowest BCUT2D eigenvalue weighted by Crippen LogP contribution is -2.20. The number of benzene rings is 2. The van der Waals surface area contributed by atoms with Gasteiger partial charge in [-0.25, -0.2) is 9.18 Å². The summed E-state index contributed by atoms with van der Waals surface area (Å²) in [7, 11) is 0. The van der Waals surface area contributed by atoms with Gasteiger partial charge in [0.2, 0.25) is 0 Å². The summed E-state index contributed by atoms with van der Waals surface area (Å²) in [5.74, 6) is -0.608. The van der Waals surface area contributed by atoms with E-state index in [9.17, 15) is 9.18 Å². The lowest BCUT2D eigenvalue weighted by Gasteiger charge is -2.09. The molecule has 2 amide bonds. The number of carbonyl (C=O) groups excluding carboxylic acids is 1. The summed E-state index contributed by atoms with van der Waals surface area (Å²) in [5.41, 5.74) is 6.41. The second kappa shape index (κ2) is 5.83. The summed E-state index contributed by atoms with van der Waals surface area (Å²) < 4.78 is 13.4. The summed E-state index contributed by atoms with van der Waals surface area (Å²) >= 11 is 0. The molecule has 2 aromatic rings. The summed E-state index contributed by atoms with van der Waals surface area (Å²) in [5, 5.41) is 12.3. The zero-order valence-electron chi connectivity index (χ0n) is 10.5. The van der Waals surface area contributed by atoms with E-state index in [1.807, 2.05) is 0 Å². The molecule has 5 N–H and O–H groups in total. The molecule has 0 atom stereocenters. The molecule has 0 aliphatic carbocycles. The Morgan fingerprint density at radius 1 is 1.10 bits per heavy atom. The van der Waals surface area contributed by atoms with Gasteiger partial charge in [-0.2, -0.15) is 0 Å². The smallest absolute Gasteiger partial charge is 0.323 e. The van der Waals surface area contributed by atoms with Crippen molar-refractivity contribution >= 4 is 23.2 Å². The number of rotatable bonds is 3. The fourth-order valence-electron chi connectivity index (χ4n) is 1.61. The van der Waals surface area contributed by atoms with Crippen molar-refractivity contribution in [3.05, 3.63) is 59.9 Å². The van der Waals surface area contributed by atoms with Gasteiger partial charge in [-0.15, -0.1) is 0 Å². The number of halogens is 1. The van der Waals surface area contributed by atoms with Crippen molar-refractivity contribution in [3.63, 3.8) is 0 Å². The topological polar surface area (TPSA) is 91.0 Å². The molecule has 0 aliphatic heterocycles. The number of carbonyl (C=O) groups is 1. The third-order valence-corrected chi connectivity index (χ3v) is 2.55. The molecule has 5 nitrogen and oxygen atoms in total. The van der Waals surface area contributed by atoms with E-state index in [1.54, 1.807) is 30.3 Å². The highest BCUT2D eigenvalue weighted by Gasteiger charge is 2.07. The molecule has 0 saturated heterocycles. The average molecular weight is 272 g/mol. The fourth-order valence-corrected chi connectivity index (χ4v) is 1.61. The predicted molar refractivity (Wildman–Crippen MR) is 76.5 cm³/mol. The number of para-hydroxylation sites is 1. The average Bonchev–Trinajstić information content (AvgIpc) is 2.41. The Morgan fingerprint density at radius 2 is 1.85 bits per heavy atom. The van der Waals surface area contributed by atoms with Gasteiger partial charge >= 0.3 is 6.03 Å². The highest BCUT2D eigenvalue weighted by atomic mass is 19.1. The highest BCUT2D eigenvalue weighted by Crippen LogP contribution is 2.14. The SMILES string of the molecule is N=C(N)c1cccc(NC(=O)Nc2ccccc2F)c1. The van der Waals surface area contributed by atoms with Crippen molar-refractivity contribution < 1.29 is 9.18 Å². The maximum atomic E-state index is 13.4. The second-order valence-electron chi connectivity index (χ2n) is 4.05. The molecule has 0 radical (unpaired) electrons. The van der Waals surface area contributed by atoms with Crippen molar-refractivity contribution in [2.45, 2.75) is 0 Å². The molecule has 20 heavy (non-hydrogen) atoms. The molecule has 2 rings (SSSR count). The van der Waals surface area contributed by atoms with E-state index in [0.717, 1.165) is 0 Å². The number of urea groups is 1. The van der Waals surface area contributed by atoms with Crippen LogP contribution in [0.25, 0.3) is 0 Å². The van der Waals surface area contributed by atoms with Crippen molar-refractivity contribution in [2.24, 2.45) is 5.73 Å². The molecule has 102 valence electrons. The summed E-state index contributed by atoms with van der Waals surface area (Å²) in [6.07, 6.45) is 0. The van der Waals surface area contributed by atoms with Gasteiger partial charge in [0.15, 0.2) is 0 Å². The van der Waals surface area contributed by atoms with Crippen LogP contribution in [0.2, 0.25) is 0 Å². The van der Waals surface area contributed by atoms with Gasteiger partial charge in [-0.05, 0) is 24.3 Å². The van der Waals surface area contributed by atoms with Crippen LogP contribution in [0.5, 0.6) is 0 Å². The van der Waals surface area contributed by atoms with Crippen LogP contribution in [0.3, 0.4) is 0 Å². The number of anilines is 2. The standard InChI is InChI=1S/C14H13FN4O/c15-11-6-1-2-7-12(11)19-14(20)18-10-5-3-4-9(8-10)13(16)17/h1-8H,(H3,16,17)(H2,18,19,20). The van der Waals surface area contributed by atoms with Gasteiger partial charge in [0, 0.05) is 11.3 Å². The van der Waals surface area contributed by atoms with Crippen LogP contribution < -0.4 is 16.4 Å². The molecule has 0 aliphatic rings. The van der Waals surface area contributed by atoms with Crippen LogP contribution in [0.15, 0.2) is 48.5 Å². The third-order valence-electron chi connectivity index (χ3n) is 2.55. The molecule has 0 aromatic heterocycles. The van der Waals surface area contributed by atoms with Gasteiger partial charge in [-0.3, -0.25) is 5.41 Å². The maximum Gasteiger partial charge on any atom is 0.323 e. The second-order valence-corrected chi connectivity index (χ2v) is 4.05. The lowest BCUT2D eigenvalue weighted by molar-refractivity contribution is 0.262. The zero-order valence-corrected chi connectivity index (χ0v) is 10.5.